The molecule has 160 valence electrons. The van der Waals surface area contributed by atoms with Gasteiger partial charge in [0, 0.05) is 22.0 Å². The van der Waals surface area contributed by atoms with Crippen molar-refractivity contribution in [3.05, 3.63) is 81.2 Å². The van der Waals surface area contributed by atoms with E-state index < -0.39 is 23.5 Å². The maximum Gasteiger partial charge on any atom is 0.290 e. The van der Waals surface area contributed by atoms with Crippen molar-refractivity contribution in [2.24, 2.45) is 0 Å². The van der Waals surface area contributed by atoms with E-state index >= 15 is 0 Å². The fourth-order valence-electron chi connectivity index (χ4n) is 3.90. The molecule has 2 heterocycles. The van der Waals surface area contributed by atoms with Crippen LogP contribution in [0.1, 0.15) is 48.3 Å². The number of fused-ring (bicyclic) bond motifs is 1. The number of carbonyl (C=O) groups excluding carboxylic acids is 2. The van der Waals surface area contributed by atoms with Crippen molar-refractivity contribution < 1.29 is 19.1 Å². The molecule has 1 aromatic heterocycles. The van der Waals surface area contributed by atoms with E-state index in [1.165, 1.54) is 0 Å². The molecule has 0 saturated carbocycles. The molecular formula is C24H21Cl2NO4. The van der Waals surface area contributed by atoms with E-state index in [-0.39, 0.29) is 11.3 Å². The maximum atomic E-state index is 13.4. The molecule has 0 fully saturated rings. The number of hydrogen-bond acceptors (Lipinski definition) is 4. The summed E-state index contributed by atoms with van der Waals surface area (Å²) in [6.45, 7) is 2.50. The standard InChI is InChI=1S/C24H21Cl2NO4/c1-2-3-4-11-27-21(14-5-7-16(25)8-6-14)20(23(29)24(27)30)22(28)19-13-15-12-17(26)9-10-18(15)31-19/h5-10,12-13,21,29H,2-4,11H2,1H3. The van der Waals surface area contributed by atoms with Crippen LogP contribution in [0.2, 0.25) is 10.0 Å². The van der Waals surface area contributed by atoms with Gasteiger partial charge in [-0.2, -0.15) is 0 Å². The minimum absolute atomic E-state index is 0.00831. The van der Waals surface area contributed by atoms with Crippen molar-refractivity contribution in [2.45, 2.75) is 32.2 Å². The van der Waals surface area contributed by atoms with Gasteiger partial charge >= 0.3 is 0 Å². The Morgan fingerprint density at radius 1 is 1.06 bits per heavy atom. The van der Waals surface area contributed by atoms with E-state index in [0.29, 0.717) is 33.1 Å². The first-order valence-electron chi connectivity index (χ1n) is 10.1. The number of unbranched alkanes of at least 4 members (excludes halogenated alkanes) is 2. The van der Waals surface area contributed by atoms with Crippen LogP contribution in [0, 0.1) is 0 Å². The van der Waals surface area contributed by atoms with Crippen molar-refractivity contribution in [3.63, 3.8) is 0 Å². The Morgan fingerprint density at radius 3 is 2.48 bits per heavy atom. The molecule has 1 unspecified atom stereocenters. The number of aliphatic hydroxyl groups is 1. The number of nitrogens with zero attached hydrogens (tertiary/aromatic N) is 1. The molecule has 0 radical (unpaired) electrons. The van der Waals surface area contributed by atoms with Crippen molar-refractivity contribution >= 4 is 45.9 Å². The molecule has 1 atom stereocenters. The Bertz CT molecular complexity index is 1180. The van der Waals surface area contributed by atoms with Crippen molar-refractivity contribution in [2.75, 3.05) is 6.54 Å². The van der Waals surface area contributed by atoms with Gasteiger partial charge in [0.2, 0.25) is 5.78 Å². The molecule has 31 heavy (non-hydrogen) atoms. The second-order valence-corrected chi connectivity index (χ2v) is 8.42. The molecule has 7 heteroatoms. The van der Waals surface area contributed by atoms with Gasteiger partial charge in [-0.1, -0.05) is 55.1 Å². The summed E-state index contributed by atoms with van der Waals surface area (Å²) in [7, 11) is 0. The number of furan rings is 1. The number of carbonyl (C=O) groups is 2. The SMILES string of the molecule is CCCCCN1C(=O)C(O)=C(C(=O)c2cc3cc(Cl)ccc3o2)C1c1ccc(Cl)cc1. The molecule has 0 bridgehead atoms. The first-order chi connectivity index (χ1) is 14.9. The lowest BCUT2D eigenvalue weighted by Crippen LogP contribution is -2.32. The molecule has 0 spiro atoms. The summed E-state index contributed by atoms with van der Waals surface area (Å²) in [5.74, 6) is -1.59. The average Bonchev–Trinajstić information content (AvgIpc) is 3.28. The van der Waals surface area contributed by atoms with Gasteiger partial charge in [-0.05, 0) is 48.4 Å². The smallest absolute Gasteiger partial charge is 0.290 e. The first kappa shape index (κ1) is 21.5. The van der Waals surface area contributed by atoms with Gasteiger partial charge in [-0.25, -0.2) is 0 Å². The molecule has 1 aliphatic heterocycles. The third-order valence-corrected chi connectivity index (χ3v) is 5.93. The summed E-state index contributed by atoms with van der Waals surface area (Å²) in [6.07, 6.45) is 2.69. The van der Waals surface area contributed by atoms with Crippen molar-refractivity contribution in [3.8, 4) is 0 Å². The van der Waals surface area contributed by atoms with Crippen LogP contribution in [0.25, 0.3) is 11.0 Å². The van der Waals surface area contributed by atoms with E-state index in [9.17, 15) is 14.7 Å². The summed E-state index contributed by atoms with van der Waals surface area (Å²) in [4.78, 5) is 27.9. The minimum atomic E-state index is -0.717. The first-order valence-corrected chi connectivity index (χ1v) is 10.9. The lowest BCUT2D eigenvalue weighted by atomic mass is 9.95. The summed E-state index contributed by atoms with van der Waals surface area (Å²) in [5, 5.41) is 12.4. The average molecular weight is 458 g/mol. The van der Waals surface area contributed by atoms with Crippen molar-refractivity contribution in [1.29, 1.82) is 0 Å². The third kappa shape index (κ3) is 4.08. The third-order valence-electron chi connectivity index (χ3n) is 5.44. The Kier molecular flexibility index (Phi) is 6.08. The maximum absolute atomic E-state index is 13.4. The number of hydrogen-bond donors (Lipinski definition) is 1. The zero-order chi connectivity index (χ0) is 22.1. The Hall–Kier alpha value is -2.76. The molecule has 0 aliphatic carbocycles. The van der Waals surface area contributed by atoms with Gasteiger partial charge in [0.1, 0.15) is 5.58 Å². The highest BCUT2D eigenvalue weighted by atomic mass is 35.5. The van der Waals surface area contributed by atoms with Gasteiger partial charge in [-0.3, -0.25) is 9.59 Å². The lowest BCUT2D eigenvalue weighted by molar-refractivity contribution is -0.129. The van der Waals surface area contributed by atoms with Crippen LogP contribution in [-0.4, -0.2) is 28.2 Å². The van der Waals surface area contributed by atoms with Gasteiger partial charge < -0.3 is 14.4 Å². The molecule has 1 N–H and O–H groups in total. The summed E-state index contributed by atoms with van der Waals surface area (Å²) in [5.41, 5.74) is 1.20. The van der Waals surface area contributed by atoms with Gasteiger partial charge in [-0.15, -0.1) is 0 Å². The topological polar surface area (TPSA) is 70.8 Å². The molecule has 5 nitrogen and oxygen atoms in total. The number of amides is 1. The van der Waals surface area contributed by atoms with Crippen LogP contribution in [-0.2, 0) is 4.79 Å². The highest BCUT2D eigenvalue weighted by Gasteiger charge is 2.44. The zero-order valence-electron chi connectivity index (χ0n) is 16.9. The van der Waals surface area contributed by atoms with E-state index in [2.05, 4.69) is 6.92 Å². The number of Topliss-reactive ketones (excluding diaryl/α,β-unsaturated/α-hetero) is 1. The number of benzene rings is 2. The Labute approximate surface area is 189 Å². The highest BCUT2D eigenvalue weighted by Crippen LogP contribution is 2.40. The largest absolute Gasteiger partial charge is 0.503 e. The molecule has 1 amide bonds. The summed E-state index contributed by atoms with van der Waals surface area (Å²) < 4.78 is 5.71. The van der Waals surface area contributed by atoms with E-state index in [0.717, 1.165) is 19.3 Å². The number of aliphatic hydroxyl groups excluding tert-OH is 1. The molecule has 0 saturated heterocycles. The van der Waals surface area contributed by atoms with Crippen LogP contribution >= 0.6 is 23.2 Å². The number of rotatable bonds is 7. The van der Waals surface area contributed by atoms with Crippen LogP contribution in [0.5, 0.6) is 0 Å². The van der Waals surface area contributed by atoms with E-state index in [4.69, 9.17) is 27.6 Å². The van der Waals surface area contributed by atoms with Crippen LogP contribution in [0.4, 0.5) is 0 Å². The summed E-state index contributed by atoms with van der Waals surface area (Å²) >= 11 is 12.1. The number of halogens is 2. The predicted molar refractivity (Wildman–Crippen MR) is 121 cm³/mol. The fraction of sp³-hybridized carbons (Fsp3) is 0.250. The molecule has 1 aliphatic rings. The molecule has 4 rings (SSSR count). The van der Waals surface area contributed by atoms with Gasteiger partial charge in [0.05, 0.1) is 11.6 Å². The molecular weight excluding hydrogens is 437 g/mol. The predicted octanol–water partition coefficient (Wildman–Crippen LogP) is 6.51. The number of ketones is 1. The minimum Gasteiger partial charge on any atom is -0.503 e. The normalized spacial score (nSPS) is 16.5. The molecule has 3 aromatic rings. The van der Waals surface area contributed by atoms with Gasteiger partial charge in [0.25, 0.3) is 5.91 Å². The molecule has 2 aromatic carbocycles. The van der Waals surface area contributed by atoms with Crippen molar-refractivity contribution in [1.82, 2.24) is 4.90 Å². The van der Waals surface area contributed by atoms with Crippen LogP contribution < -0.4 is 0 Å². The monoisotopic (exact) mass is 457 g/mol. The van der Waals surface area contributed by atoms with Crippen LogP contribution in [0.15, 0.2) is 64.3 Å². The Morgan fingerprint density at radius 2 is 1.77 bits per heavy atom. The van der Waals surface area contributed by atoms with Gasteiger partial charge in [0.15, 0.2) is 11.5 Å². The van der Waals surface area contributed by atoms with E-state index in [1.54, 1.807) is 53.4 Å². The second-order valence-electron chi connectivity index (χ2n) is 7.54. The van der Waals surface area contributed by atoms with Crippen LogP contribution in [0.3, 0.4) is 0 Å². The Balaban J connectivity index is 1.76. The fourth-order valence-corrected chi connectivity index (χ4v) is 4.21. The summed E-state index contributed by atoms with van der Waals surface area (Å²) in [6, 6.07) is 12.8. The van der Waals surface area contributed by atoms with E-state index in [1.807, 2.05) is 0 Å². The highest BCUT2D eigenvalue weighted by molar-refractivity contribution is 6.31. The lowest BCUT2D eigenvalue weighted by Gasteiger charge is -2.26. The zero-order valence-corrected chi connectivity index (χ0v) is 18.4. The second kappa shape index (κ2) is 8.77. The quantitative estimate of drug-likeness (QED) is 0.324.